The molecule has 2 rings (SSSR count). The summed E-state index contributed by atoms with van der Waals surface area (Å²) in [6.45, 7) is 5.73. The highest BCUT2D eigenvalue weighted by atomic mass is 16.5. The molecule has 1 aliphatic carbocycles. The Morgan fingerprint density at radius 1 is 1.35 bits per heavy atom. The third-order valence-electron chi connectivity index (χ3n) is 4.69. The van der Waals surface area contributed by atoms with E-state index in [-0.39, 0.29) is 0 Å². The number of ether oxygens (including phenoxy) is 1. The maximum Gasteiger partial charge on any atom is 0.328 e. The van der Waals surface area contributed by atoms with Crippen LogP contribution in [0.5, 0.6) is 0 Å². The molecular weight excluding hydrogens is 260 g/mol. The third-order valence-corrected chi connectivity index (χ3v) is 4.69. The summed E-state index contributed by atoms with van der Waals surface area (Å²) in [4.78, 5) is 10.6. The molecule has 1 saturated carbocycles. The number of aliphatic hydroxyl groups excluding tert-OH is 1. The van der Waals surface area contributed by atoms with Crippen LogP contribution in [0.3, 0.4) is 0 Å². The lowest BCUT2D eigenvalue weighted by molar-refractivity contribution is -0.150. The number of allylic oxidation sites excluding steroid dienone is 2. The molecule has 0 aromatic carbocycles. The Hall–Kier alpha value is -1.17. The molecule has 1 heterocycles. The molecule has 3 N–H and O–H groups in total. The average molecular weight is 282 g/mol. The highest BCUT2D eigenvalue weighted by Crippen LogP contribution is 2.57. The van der Waals surface area contributed by atoms with Gasteiger partial charge in [-0.05, 0) is 31.9 Å². The van der Waals surface area contributed by atoms with Crippen molar-refractivity contribution in [3.8, 4) is 0 Å². The van der Waals surface area contributed by atoms with E-state index in [1.165, 1.54) is 0 Å². The second-order valence-corrected chi connectivity index (χ2v) is 6.47. The van der Waals surface area contributed by atoms with Crippen LogP contribution < -0.4 is 0 Å². The normalized spacial score (nSPS) is 45.0. The van der Waals surface area contributed by atoms with Crippen LogP contribution in [0, 0.1) is 5.41 Å². The number of hydrogen-bond acceptors (Lipinski definition) is 4. The Labute approximate surface area is 118 Å². The van der Waals surface area contributed by atoms with Crippen molar-refractivity contribution in [3.05, 3.63) is 23.8 Å². The monoisotopic (exact) mass is 282 g/mol. The smallest absolute Gasteiger partial charge is 0.328 e. The molecule has 112 valence electrons. The third kappa shape index (κ3) is 2.20. The first-order chi connectivity index (χ1) is 9.12. The molecule has 2 aliphatic rings. The Morgan fingerprint density at radius 3 is 2.55 bits per heavy atom. The number of hydrogen-bond donors (Lipinski definition) is 3. The maximum atomic E-state index is 11.1. The molecule has 2 fully saturated rings. The number of carboxylic acids is 1. The lowest BCUT2D eigenvalue weighted by Gasteiger charge is -2.49. The minimum Gasteiger partial charge on any atom is -0.478 e. The van der Waals surface area contributed by atoms with Crippen LogP contribution in [0.1, 0.15) is 33.6 Å². The quantitative estimate of drug-likeness (QED) is 0.536. The van der Waals surface area contributed by atoms with Crippen LogP contribution in [-0.2, 0) is 9.53 Å². The molecule has 2 unspecified atom stereocenters. The number of carboxylic acid groups (broad SMARTS) is 1. The Morgan fingerprint density at radius 2 is 2.00 bits per heavy atom. The van der Waals surface area contributed by atoms with Gasteiger partial charge in [-0.1, -0.05) is 13.0 Å². The molecule has 1 saturated heterocycles. The first kappa shape index (κ1) is 15.2. The van der Waals surface area contributed by atoms with E-state index >= 15 is 0 Å². The van der Waals surface area contributed by atoms with Crippen molar-refractivity contribution in [2.75, 3.05) is 6.61 Å². The van der Waals surface area contributed by atoms with Crippen molar-refractivity contribution in [1.82, 2.24) is 0 Å². The SMILES string of the molecule is CC(=C/C(=O)O)/C=C/[C@]1(O)C2(C)COC1(C)C[C@H](O)C2. The van der Waals surface area contributed by atoms with E-state index in [0.29, 0.717) is 25.0 Å². The molecule has 4 atom stereocenters. The molecule has 5 nitrogen and oxygen atoms in total. The molecule has 5 heteroatoms. The van der Waals surface area contributed by atoms with Gasteiger partial charge in [0.1, 0.15) is 11.2 Å². The predicted molar refractivity (Wildman–Crippen MR) is 73.2 cm³/mol. The summed E-state index contributed by atoms with van der Waals surface area (Å²) in [5, 5.41) is 29.7. The van der Waals surface area contributed by atoms with Gasteiger partial charge in [-0.2, -0.15) is 0 Å². The van der Waals surface area contributed by atoms with Crippen LogP contribution in [0.15, 0.2) is 23.8 Å². The second kappa shape index (κ2) is 4.69. The van der Waals surface area contributed by atoms with Gasteiger partial charge >= 0.3 is 5.97 Å². The summed E-state index contributed by atoms with van der Waals surface area (Å²) in [7, 11) is 0. The lowest BCUT2D eigenvalue weighted by Crippen LogP contribution is -2.60. The summed E-state index contributed by atoms with van der Waals surface area (Å²) in [5.41, 5.74) is -2.09. The van der Waals surface area contributed by atoms with Gasteiger partial charge in [0.25, 0.3) is 0 Å². The molecule has 2 bridgehead atoms. The summed E-state index contributed by atoms with van der Waals surface area (Å²) in [6, 6.07) is 0. The molecule has 0 radical (unpaired) electrons. The maximum absolute atomic E-state index is 11.1. The van der Waals surface area contributed by atoms with E-state index < -0.39 is 28.7 Å². The first-order valence-electron chi connectivity index (χ1n) is 6.77. The largest absolute Gasteiger partial charge is 0.478 e. The number of fused-ring (bicyclic) bond motifs is 2. The van der Waals surface area contributed by atoms with Crippen LogP contribution in [0.25, 0.3) is 0 Å². The van der Waals surface area contributed by atoms with Gasteiger partial charge in [-0.15, -0.1) is 0 Å². The van der Waals surface area contributed by atoms with Gasteiger partial charge in [0.15, 0.2) is 0 Å². The molecular formula is C15H22O5. The summed E-state index contributed by atoms with van der Waals surface area (Å²) in [5.74, 6) is -1.02. The summed E-state index contributed by atoms with van der Waals surface area (Å²) >= 11 is 0. The van der Waals surface area contributed by atoms with Gasteiger partial charge in [0.05, 0.1) is 12.7 Å². The molecule has 20 heavy (non-hydrogen) atoms. The number of aliphatic carboxylic acids is 1. The van der Waals surface area contributed by atoms with Gasteiger partial charge in [0.2, 0.25) is 0 Å². The first-order valence-corrected chi connectivity index (χ1v) is 6.77. The number of carbonyl (C=O) groups is 1. The minimum absolute atomic E-state index is 0.366. The predicted octanol–water partition coefficient (Wildman–Crippen LogP) is 1.25. The zero-order valence-corrected chi connectivity index (χ0v) is 12.1. The summed E-state index contributed by atoms with van der Waals surface area (Å²) < 4.78 is 5.77. The van der Waals surface area contributed by atoms with Crippen molar-refractivity contribution in [2.24, 2.45) is 5.41 Å². The number of aliphatic hydroxyl groups is 2. The van der Waals surface area contributed by atoms with Crippen molar-refractivity contribution in [1.29, 1.82) is 0 Å². The van der Waals surface area contributed by atoms with Gasteiger partial charge in [0, 0.05) is 17.9 Å². The zero-order chi connectivity index (χ0) is 15.2. The standard InChI is InChI=1S/C15H22O5/c1-10(6-12(17)18)4-5-15(19)13(2)7-11(16)8-14(15,3)20-9-13/h4-6,11,16,19H,7-9H2,1-3H3,(H,17,18)/b5-4+,10-6-/t11-,13?,14?,15+/m1/s1. The van der Waals surface area contributed by atoms with Gasteiger partial charge in [-0.25, -0.2) is 4.79 Å². The highest BCUT2D eigenvalue weighted by molar-refractivity contribution is 5.81. The van der Waals surface area contributed by atoms with Gasteiger partial charge in [-0.3, -0.25) is 0 Å². The number of rotatable bonds is 3. The molecule has 0 aromatic heterocycles. The van der Waals surface area contributed by atoms with E-state index in [1.54, 1.807) is 26.0 Å². The molecule has 0 amide bonds. The van der Waals surface area contributed by atoms with E-state index in [0.717, 1.165) is 6.08 Å². The van der Waals surface area contributed by atoms with Crippen molar-refractivity contribution >= 4 is 5.97 Å². The zero-order valence-electron chi connectivity index (χ0n) is 12.1. The highest BCUT2D eigenvalue weighted by Gasteiger charge is 2.67. The van der Waals surface area contributed by atoms with E-state index in [4.69, 9.17) is 9.84 Å². The molecule has 0 aromatic rings. The van der Waals surface area contributed by atoms with E-state index in [2.05, 4.69) is 0 Å². The Balaban J connectivity index is 2.34. The Bertz CT molecular complexity index is 461. The topological polar surface area (TPSA) is 87.0 Å². The van der Waals surface area contributed by atoms with Crippen molar-refractivity contribution in [3.63, 3.8) is 0 Å². The van der Waals surface area contributed by atoms with Crippen LogP contribution in [-0.4, -0.2) is 45.2 Å². The van der Waals surface area contributed by atoms with Gasteiger partial charge < -0.3 is 20.1 Å². The Kier molecular flexibility index (Phi) is 3.57. The minimum atomic E-state index is -1.22. The van der Waals surface area contributed by atoms with Crippen molar-refractivity contribution in [2.45, 2.75) is 50.9 Å². The molecule has 1 aliphatic heterocycles. The van der Waals surface area contributed by atoms with E-state index in [9.17, 15) is 15.0 Å². The fourth-order valence-corrected chi connectivity index (χ4v) is 3.52. The fraction of sp³-hybridized carbons (Fsp3) is 0.667. The van der Waals surface area contributed by atoms with E-state index in [1.807, 2.05) is 6.92 Å². The van der Waals surface area contributed by atoms with Crippen LogP contribution in [0.2, 0.25) is 0 Å². The fourth-order valence-electron chi connectivity index (χ4n) is 3.52. The average Bonchev–Trinajstić information content (AvgIpc) is 2.43. The van der Waals surface area contributed by atoms with Crippen LogP contribution in [0.4, 0.5) is 0 Å². The molecule has 0 spiro atoms. The van der Waals surface area contributed by atoms with Crippen molar-refractivity contribution < 1.29 is 24.9 Å². The second-order valence-electron chi connectivity index (χ2n) is 6.47. The summed E-state index contributed by atoms with van der Waals surface area (Å²) in [6.07, 6.45) is 4.66. The van der Waals surface area contributed by atoms with Crippen LogP contribution >= 0.6 is 0 Å². The lowest BCUT2D eigenvalue weighted by atomic mass is 9.59.